The van der Waals surface area contributed by atoms with Crippen LogP contribution in [0.1, 0.15) is 18.5 Å². The number of aliphatic hydroxyl groups excluding tert-OH is 1. The van der Waals surface area contributed by atoms with E-state index < -0.39 is 5.60 Å². The summed E-state index contributed by atoms with van der Waals surface area (Å²) >= 11 is 0. The molecule has 5 rings (SSSR count). The van der Waals surface area contributed by atoms with E-state index in [1.165, 1.54) is 12.4 Å². The number of amides is 1. The standard InChI is InChI=1S/C32H34N6O4/c1-37-26(13-14-32(41)15-19-38(20-16-32)27(40)8-5-17-34-18-21-39)28(29-30(33)35-22-36-31(29)37)23-9-11-25(12-10-23)42-24-6-3-2-4-7-24/h2-12,22,34,39,41H,15-21H2,1H3,(H2,33,35,36)/b8-5+. The number of piperidine rings is 1. The molecule has 1 aliphatic heterocycles. The number of nitrogens with one attached hydrogen (secondary N) is 1. The zero-order valence-electron chi connectivity index (χ0n) is 23.5. The first-order valence-electron chi connectivity index (χ1n) is 13.8. The van der Waals surface area contributed by atoms with E-state index in [1.807, 2.05) is 66.2 Å². The molecule has 1 aliphatic rings. The summed E-state index contributed by atoms with van der Waals surface area (Å²) in [6.07, 6.45) is 5.33. The van der Waals surface area contributed by atoms with E-state index in [2.05, 4.69) is 27.1 Å². The monoisotopic (exact) mass is 566 g/mol. The number of aliphatic hydroxyl groups is 2. The first-order valence-corrected chi connectivity index (χ1v) is 13.8. The van der Waals surface area contributed by atoms with Gasteiger partial charge in [0.15, 0.2) is 0 Å². The van der Waals surface area contributed by atoms with Crippen LogP contribution in [0.5, 0.6) is 11.5 Å². The molecule has 0 aliphatic carbocycles. The van der Waals surface area contributed by atoms with Crippen LogP contribution in [0.25, 0.3) is 22.2 Å². The number of carbonyl (C=O) groups excluding carboxylic acids is 1. The molecule has 0 atom stereocenters. The van der Waals surface area contributed by atoms with E-state index in [0.717, 1.165) is 16.9 Å². The van der Waals surface area contributed by atoms with Gasteiger partial charge in [0.2, 0.25) is 5.91 Å². The van der Waals surface area contributed by atoms with Crippen LogP contribution in [0.4, 0.5) is 5.82 Å². The van der Waals surface area contributed by atoms with Gasteiger partial charge in [0.1, 0.15) is 40.6 Å². The molecule has 216 valence electrons. The molecule has 1 fully saturated rings. The van der Waals surface area contributed by atoms with Gasteiger partial charge in [-0.3, -0.25) is 4.79 Å². The molecule has 0 bridgehead atoms. The third-order valence-electron chi connectivity index (χ3n) is 7.25. The lowest BCUT2D eigenvalue weighted by atomic mass is 9.91. The molecule has 0 spiro atoms. The molecule has 3 heterocycles. The molecule has 42 heavy (non-hydrogen) atoms. The summed E-state index contributed by atoms with van der Waals surface area (Å²) in [5.74, 6) is 7.98. The van der Waals surface area contributed by atoms with Crippen molar-refractivity contribution in [2.24, 2.45) is 7.05 Å². The number of likely N-dealkylation sites (tertiary alicyclic amines) is 1. The third kappa shape index (κ3) is 6.44. The van der Waals surface area contributed by atoms with Crippen LogP contribution >= 0.6 is 0 Å². The van der Waals surface area contributed by atoms with E-state index in [9.17, 15) is 9.90 Å². The molecular formula is C32H34N6O4. The van der Waals surface area contributed by atoms with E-state index in [0.29, 0.717) is 67.3 Å². The molecule has 2 aromatic heterocycles. The van der Waals surface area contributed by atoms with Crippen molar-refractivity contribution in [2.75, 3.05) is 38.5 Å². The van der Waals surface area contributed by atoms with Crippen molar-refractivity contribution in [1.29, 1.82) is 0 Å². The van der Waals surface area contributed by atoms with Gasteiger partial charge >= 0.3 is 0 Å². The number of ether oxygens (including phenoxy) is 1. The number of nitrogen functional groups attached to an aromatic ring is 1. The topological polar surface area (TPSA) is 139 Å². The van der Waals surface area contributed by atoms with Gasteiger partial charge in [-0.05, 0) is 35.7 Å². The normalized spacial score (nSPS) is 14.6. The van der Waals surface area contributed by atoms with Gasteiger partial charge < -0.3 is 35.5 Å². The summed E-state index contributed by atoms with van der Waals surface area (Å²) in [6, 6.07) is 17.2. The number of fused-ring (bicyclic) bond motifs is 1. The van der Waals surface area contributed by atoms with Crippen molar-refractivity contribution in [3.63, 3.8) is 0 Å². The number of anilines is 1. The van der Waals surface area contributed by atoms with Crippen molar-refractivity contribution in [2.45, 2.75) is 18.4 Å². The van der Waals surface area contributed by atoms with Gasteiger partial charge in [0, 0.05) is 57.7 Å². The van der Waals surface area contributed by atoms with Gasteiger partial charge in [-0.25, -0.2) is 9.97 Å². The lowest BCUT2D eigenvalue weighted by Crippen LogP contribution is -2.45. The predicted octanol–water partition coefficient (Wildman–Crippen LogP) is 2.85. The highest BCUT2D eigenvalue weighted by molar-refractivity contribution is 6.03. The Hall–Kier alpha value is -4.69. The SMILES string of the molecule is Cn1c(C#CC2(O)CCN(C(=O)/C=C/CNCCO)CC2)c(-c2ccc(Oc3ccccc3)cc2)c2c(N)ncnc21. The highest BCUT2D eigenvalue weighted by Gasteiger charge is 2.32. The van der Waals surface area contributed by atoms with Crippen LogP contribution in [0.2, 0.25) is 0 Å². The van der Waals surface area contributed by atoms with Gasteiger partial charge in [-0.15, -0.1) is 0 Å². The summed E-state index contributed by atoms with van der Waals surface area (Å²) in [7, 11) is 1.86. The van der Waals surface area contributed by atoms with Crippen LogP contribution in [-0.2, 0) is 11.8 Å². The number of hydrogen-bond donors (Lipinski definition) is 4. The predicted molar refractivity (Wildman–Crippen MR) is 162 cm³/mol. The summed E-state index contributed by atoms with van der Waals surface area (Å²) in [4.78, 5) is 22.9. The zero-order chi connectivity index (χ0) is 29.5. The van der Waals surface area contributed by atoms with Gasteiger partial charge in [0.25, 0.3) is 0 Å². The summed E-state index contributed by atoms with van der Waals surface area (Å²) in [5, 5.41) is 23.8. The van der Waals surface area contributed by atoms with Crippen LogP contribution in [0, 0.1) is 11.8 Å². The third-order valence-corrected chi connectivity index (χ3v) is 7.25. The molecule has 2 aromatic carbocycles. The average molecular weight is 567 g/mol. The summed E-state index contributed by atoms with van der Waals surface area (Å²) in [5.41, 5.74) is 8.01. The molecule has 10 nitrogen and oxygen atoms in total. The number of nitrogens with zero attached hydrogens (tertiary/aromatic N) is 4. The fraction of sp³-hybridized carbons (Fsp3) is 0.281. The first-order chi connectivity index (χ1) is 20.4. The van der Waals surface area contributed by atoms with E-state index in [1.54, 1.807) is 11.0 Å². The maximum Gasteiger partial charge on any atom is 0.246 e. The molecule has 10 heteroatoms. The molecule has 5 N–H and O–H groups in total. The van der Waals surface area contributed by atoms with Gasteiger partial charge in [-0.2, -0.15) is 0 Å². The number of rotatable bonds is 8. The Morgan fingerprint density at radius 1 is 1.12 bits per heavy atom. The largest absolute Gasteiger partial charge is 0.457 e. The molecule has 0 saturated carbocycles. The molecule has 1 amide bonds. The lowest BCUT2D eigenvalue weighted by molar-refractivity contribution is -0.128. The minimum atomic E-state index is -1.25. The number of hydrogen-bond acceptors (Lipinski definition) is 8. The number of para-hydroxylation sites is 1. The highest BCUT2D eigenvalue weighted by atomic mass is 16.5. The molecule has 4 aromatic rings. The fourth-order valence-electron chi connectivity index (χ4n) is 4.94. The number of carbonyl (C=O) groups is 1. The quantitative estimate of drug-likeness (QED) is 0.145. The fourth-order valence-corrected chi connectivity index (χ4v) is 4.94. The van der Waals surface area contributed by atoms with Crippen molar-refractivity contribution >= 4 is 22.8 Å². The van der Waals surface area contributed by atoms with Crippen molar-refractivity contribution in [3.05, 3.63) is 78.8 Å². The second-order valence-electron chi connectivity index (χ2n) is 10.1. The Bertz CT molecular complexity index is 1630. The Morgan fingerprint density at radius 3 is 2.55 bits per heavy atom. The van der Waals surface area contributed by atoms with Crippen LogP contribution < -0.4 is 15.8 Å². The number of aryl methyl sites for hydroxylation is 1. The number of aromatic nitrogens is 3. The minimum absolute atomic E-state index is 0.0462. The van der Waals surface area contributed by atoms with Crippen molar-refractivity contribution in [1.82, 2.24) is 24.8 Å². The van der Waals surface area contributed by atoms with Crippen LogP contribution in [-0.4, -0.2) is 73.9 Å². The van der Waals surface area contributed by atoms with E-state index >= 15 is 0 Å². The smallest absolute Gasteiger partial charge is 0.246 e. The van der Waals surface area contributed by atoms with Gasteiger partial charge in [-0.1, -0.05) is 42.3 Å². The maximum atomic E-state index is 12.5. The molecule has 0 unspecified atom stereocenters. The molecule has 0 radical (unpaired) electrons. The Morgan fingerprint density at radius 2 is 1.83 bits per heavy atom. The minimum Gasteiger partial charge on any atom is -0.457 e. The van der Waals surface area contributed by atoms with Crippen molar-refractivity contribution in [3.8, 4) is 34.5 Å². The van der Waals surface area contributed by atoms with Crippen LogP contribution in [0.3, 0.4) is 0 Å². The zero-order valence-corrected chi connectivity index (χ0v) is 23.5. The number of benzene rings is 2. The maximum absolute atomic E-state index is 12.5. The Balaban J connectivity index is 1.38. The second kappa shape index (κ2) is 12.9. The van der Waals surface area contributed by atoms with E-state index in [-0.39, 0.29) is 12.5 Å². The molecular weight excluding hydrogens is 532 g/mol. The first kappa shape index (κ1) is 28.8. The summed E-state index contributed by atoms with van der Waals surface area (Å²) in [6.45, 7) is 1.80. The lowest BCUT2D eigenvalue weighted by Gasteiger charge is -2.34. The summed E-state index contributed by atoms with van der Waals surface area (Å²) < 4.78 is 7.82. The Kier molecular flexibility index (Phi) is 8.83. The van der Waals surface area contributed by atoms with Gasteiger partial charge in [0.05, 0.1) is 12.0 Å². The second-order valence-corrected chi connectivity index (χ2v) is 10.1. The molecule has 1 saturated heterocycles. The average Bonchev–Trinajstić information content (AvgIpc) is 3.29. The van der Waals surface area contributed by atoms with Crippen LogP contribution in [0.15, 0.2) is 73.1 Å². The van der Waals surface area contributed by atoms with E-state index in [4.69, 9.17) is 15.6 Å². The Labute approximate surface area is 244 Å². The van der Waals surface area contributed by atoms with Crippen molar-refractivity contribution < 1.29 is 19.7 Å². The number of nitrogens with two attached hydrogens (primary N) is 1. The highest BCUT2D eigenvalue weighted by Crippen LogP contribution is 2.37.